The average Bonchev–Trinajstić information content (AvgIpc) is 2.48. The van der Waals surface area contributed by atoms with Crippen LogP contribution < -0.4 is 4.74 Å². The van der Waals surface area contributed by atoms with Gasteiger partial charge in [0.1, 0.15) is 17.1 Å². The Morgan fingerprint density at radius 1 is 1.00 bits per heavy atom. The van der Waals surface area contributed by atoms with Crippen LogP contribution in [0.5, 0.6) is 5.75 Å². The van der Waals surface area contributed by atoms with E-state index in [1.165, 1.54) is 5.56 Å². The van der Waals surface area contributed by atoms with E-state index in [-0.39, 0.29) is 0 Å². The second kappa shape index (κ2) is 5.10. The van der Waals surface area contributed by atoms with Gasteiger partial charge in [0.05, 0.1) is 11.6 Å². The molecule has 1 aromatic heterocycles. The zero-order valence-electron chi connectivity index (χ0n) is 11.3. The quantitative estimate of drug-likeness (QED) is 0.607. The number of ether oxygens (including phenoxy) is 1. The molecule has 0 aliphatic heterocycles. The number of hydrogen-bond acceptors (Lipinski definition) is 3. The molecule has 0 unspecified atom stereocenters. The molecule has 0 amide bonds. The van der Waals surface area contributed by atoms with Gasteiger partial charge in [-0.1, -0.05) is 23.8 Å². The predicted octanol–water partition coefficient (Wildman–Crippen LogP) is 5.15. The minimum atomic E-state index is 0.772. The minimum Gasteiger partial charge on any atom is -0.497 e. The fourth-order valence-corrected chi connectivity index (χ4v) is 2.43. The first-order chi connectivity index (χ1) is 9.67. The van der Waals surface area contributed by atoms with Crippen LogP contribution >= 0.6 is 12.2 Å². The monoisotopic (exact) mass is 282 g/mol. The van der Waals surface area contributed by atoms with E-state index in [1.54, 1.807) is 7.11 Å². The summed E-state index contributed by atoms with van der Waals surface area (Å²) in [4.78, 5) is 0. The Kier molecular flexibility index (Phi) is 3.28. The van der Waals surface area contributed by atoms with E-state index in [0.29, 0.717) is 0 Å². The van der Waals surface area contributed by atoms with Crippen LogP contribution in [0.4, 0.5) is 0 Å². The number of fused-ring (bicyclic) bond motifs is 1. The zero-order valence-corrected chi connectivity index (χ0v) is 12.2. The van der Waals surface area contributed by atoms with E-state index >= 15 is 0 Å². The van der Waals surface area contributed by atoms with Crippen LogP contribution in [0.2, 0.25) is 0 Å². The molecule has 0 bridgehead atoms. The lowest BCUT2D eigenvalue weighted by Gasteiger charge is -2.06. The summed E-state index contributed by atoms with van der Waals surface area (Å²) >= 11 is 5.46. The van der Waals surface area contributed by atoms with Crippen molar-refractivity contribution in [2.75, 3.05) is 7.11 Å². The largest absolute Gasteiger partial charge is 0.497 e. The van der Waals surface area contributed by atoms with Gasteiger partial charge < -0.3 is 9.15 Å². The van der Waals surface area contributed by atoms with E-state index in [0.717, 1.165) is 32.6 Å². The van der Waals surface area contributed by atoms with Crippen molar-refractivity contribution in [2.45, 2.75) is 6.92 Å². The standard InChI is InChI=1S/C17H14O2S/c1-11-3-8-15-14(9-11)17(20)10-16(19-15)12-4-6-13(18-2)7-5-12/h3-10H,1-2H3. The lowest BCUT2D eigenvalue weighted by atomic mass is 10.1. The molecule has 0 atom stereocenters. The molecule has 2 aromatic carbocycles. The normalized spacial score (nSPS) is 10.7. The Balaban J connectivity index is 2.16. The van der Waals surface area contributed by atoms with Crippen LogP contribution in [0, 0.1) is 11.4 Å². The van der Waals surface area contributed by atoms with Gasteiger partial charge in [0.2, 0.25) is 0 Å². The van der Waals surface area contributed by atoms with Crippen molar-refractivity contribution in [3.63, 3.8) is 0 Å². The first-order valence-electron chi connectivity index (χ1n) is 6.36. The molecular formula is C17H14O2S. The van der Waals surface area contributed by atoms with E-state index in [4.69, 9.17) is 21.4 Å². The smallest absolute Gasteiger partial charge is 0.136 e. The summed E-state index contributed by atoms with van der Waals surface area (Å²) in [6.45, 7) is 2.05. The number of rotatable bonds is 2. The van der Waals surface area contributed by atoms with Crippen molar-refractivity contribution in [1.29, 1.82) is 0 Å². The predicted molar refractivity (Wildman–Crippen MR) is 83.8 cm³/mol. The third-order valence-corrected chi connectivity index (χ3v) is 3.59. The SMILES string of the molecule is COc1ccc(-c2cc(=S)c3cc(C)ccc3o2)cc1. The van der Waals surface area contributed by atoms with Crippen LogP contribution in [0.1, 0.15) is 5.56 Å². The van der Waals surface area contributed by atoms with Crippen molar-refractivity contribution in [1.82, 2.24) is 0 Å². The number of methoxy groups -OCH3 is 1. The molecular weight excluding hydrogens is 268 g/mol. The Morgan fingerprint density at radius 3 is 2.45 bits per heavy atom. The van der Waals surface area contributed by atoms with E-state index in [9.17, 15) is 0 Å². The molecule has 0 saturated carbocycles. The highest BCUT2D eigenvalue weighted by molar-refractivity contribution is 7.71. The van der Waals surface area contributed by atoms with Crippen LogP contribution in [-0.2, 0) is 0 Å². The molecule has 0 fully saturated rings. The third kappa shape index (κ3) is 2.32. The second-order valence-electron chi connectivity index (χ2n) is 4.70. The lowest BCUT2D eigenvalue weighted by Crippen LogP contribution is -1.84. The summed E-state index contributed by atoms with van der Waals surface area (Å²) in [6.07, 6.45) is 0. The Bertz CT molecular complexity index is 817. The highest BCUT2D eigenvalue weighted by atomic mass is 32.1. The maximum atomic E-state index is 5.95. The van der Waals surface area contributed by atoms with Gasteiger partial charge in [-0.2, -0.15) is 0 Å². The van der Waals surface area contributed by atoms with Crippen LogP contribution in [0.25, 0.3) is 22.3 Å². The summed E-state index contributed by atoms with van der Waals surface area (Å²) in [5, 5.41) is 0.984. The number of hydrogen-bond donors (Lipinski definition) is 0. The van der Waals surface area contributed by atoms with Gasteiger partial charge in [0.25, 0.3) is 0 Å². The van der Waals surface area contributed by atoms with Gasteiger partial charge in [0, 0.05) is 17.0 Å². The first kappa shape index (κ1) is 12.9. The second-order valence-corrected chi connectivity index (χ2v) is 5.14. The van der Waals surface area contributed by atoms with Crippen LogP contribution in [-0.4, -0.2) is 7.11 Å². The molecule has 0 aliphatic carbocycles. The third-order valence-electron chi connectivity index (χ3n) is 3.26. The van der Waals surface area contributed by atoms with E-state index in [1.807, 2.05) is 49.4 Å². The molecule has 3 rings (SSSR count). The molecule has 0 aliphatic rings. The zero-order chi connectivity index (χ0) is 14.1. The summed E-state index contributed by atoms with van der Waals surface area (Å²) < 4.78 is 11.9. The molecule has 3 aromatic rings. The molecule has 2 nitrogen and oxygen atoms in total. The van der Waals surface area contributed by atoms with E-state index < -0.39 is 0 Å². The molecule has 0 spiro atoms. The van der Waals surface area contributed by atoms with Crippen molar-refractivity contribution >= 4 is 23.2 Å². The topological polar surface area (TPSA) is 22.4 Å². The highest BCUT2D eigenvalue weighted by Crippen LogP contribution is 2.27. The van der Waals surface area contributed by atoms with Crippen molar-refractivity contribution in [2.24, 2.45) is 0 Å². The lowest BCUT2D eigenvalue weighted by molar-refractivity contribution is 0.415. The van der Waals surface area contributed by atoms with Gasteiger partial charge in [0.15, 0.2) is 0 Å². The van der Waals surface area contributed by atoms with Crippen LogP contribution in [0.3, 0.4) is 0 Å². The van der Waals surface area contributed by atoms with Gasteiger partial charge in [-0.3, -0.25) is 0 Å². The van der Waals surface area contributed by atoms with Gasteiger partial charge in [-0.05, 0) is 43.3 Å². The Morgan fingerprint density at radius 2 is 1.75 bits per heavy atom. The first-order valence-corrected chi connectivity index (χ1v) is 6.77. The maximum Gasteiger partial charge on any atom is 0.136 e. The molecule has 1 heterocycles. The minimum absolute atomic E-state index is 0.772. The molecule has 20 heavy (non-hydrogen) atoms. The van der Waals surface area contributed by atoms with E-state index in [2.05, 4.69) is 6.07 Å². The fraction of sp³-hybridized carbons (Fsp3) is 0.118. The summed E-state index contributed by atoms with van der Waals surface area (Å²) in [6, 6.07) is 15.7. The molecule has 0 saturated heterocycles. The molecule has 0 N–H and O–H groups in total. The van der Waals surface area contributed by atoms with Crippen molar-refractivity contribution < 1.29 is 9.15 Å². The van der Waals surface area contributed by atoms with Gasteiger partial charge in [-0.25, -0.2) is 0 Å². The molecule has 3 heteroatoms. The average molecular weight is 282 g/mol. The molecule has 100 valence electrons. The van der Waals surface area contributed by atoms with Gasteiger partial charge >= 0.3 is 0 Å². The van der Waals surface area contributed by atoms with Gasteiger partial charge in [-0.15, -0.1) is 0 Å². The fourth-order valence-electron chi connectivity index (χ4n) is 2.17. The Hall–Kier alpha value is -2.13. The van der Waals surface area contributed by atoms with Crippen molar-refractivity contribution in [3.05, 3.63) is 58.6 Å². The summed E-state index contributed by atoms with van der Waals surface area (Å²) in [5.74, 6) is 1.60. The molecule has 0 radical (unpaired) electrons. The highest BCUT2D eigenvalue weighted by Gasteiger charge is 2.05. The Labute approximate surface area is 122 Å². The van der Waals surface area contributed by atoms with Crippen LogP contribution in [0.15, 0.2) is 52.9 Å². The number of aryl methyl sites for hydroxylation is 1. The van der Waals surface area contributed by atoms with Crippen molar-refractivity contribution in [3.8, 4) is 17.1 Å². The maximum absolute atomic E-state index is 5.95. The number of benzene rings is 2. The summed E-state index contributed by atoms with van der Waals surface area (Å²) in [5.41, 5.74) is 2.98. The summed E-state index contributed by atoms with van der Waals surface area (Å²) in [7, 11) is 1.65.